The monoisotopic (exact) mass is 822 g/mol. The number of aromatic amines is 1. The first-order chi connectivity index (χ1) is 30.4. The Labute approximate surface area is 351 Å². The molecular weight excluding hydrogens is 763 g/mol. The number of halogens is 2. The topological polar surface area (TPSA) is 134 Å². The van der Waals surface area contributed by atoms with E-state index < -0.39 is 89.7 Å². The lowest BCUT2D eigenvalue weighted by Crippen LogP contribution is -2.81. The highest BCUT2D eigenvalue weighted by molar-refractivity contribution is 5.95. The summed E-state index contributed by atoms with van der Waals surface area (Å²) in [6, 6.07) is 7.95. The van der Waals surface area contributed by atoms with Gasteiger partial charge in [0.1, 0.15) is 11.2 Å². The normalized spacial score (nSPS) is 37.7. The number of esters is 3. The zero-order valence-electron chi connectivity index (χ0n) is 39.8. The summed E-state index contributed by atoms with van der Waals surface area (Å²) in [6.07, 6.45) is 2.02. The Morgan fingerprint density at radius 1 is 1.08 bits per heavy atom. The maximum absolute atomic E-state index is 15.4. The number of piperidine rings is 1. The first kappa shape index (κ1) is 33.2. The number of fused-ring (bicyclic) bond motifs is 6. The second-order valence-corrected chi connectivity index (χ2v) is 17.7. The number of carbonyl (C=O) groups excluding carboxylic acids is 3. The van der Waals surface area contributed by atoms with Gasteiger partial charge < -0.3 is 33.9 Å². The van der Waals surface area contributed by atoms with Gasteiger partial charge in [-0.1, -0.05) is 37.3 Å². The van der Waals surface area contributed by atoms with E-state index in [0.717, 1.165) is 24.1 Å². The Bertz CT molecular complexity index is 2500. The average Bonchev–Trinajstić information content (AvgIpc) is 3.90. The Morgan fingerprint density at radius 3 is 2.58 bits per heavy atom. The Kier molecular flexibility index (Phi) is 7.59. The zero-order valence-corrected chi connectivity index (χ0v) is 33.8. The van der Waals surface area contributed by atoms with Crippen LogP contribution in [0.25, 0.3) is 10.9 Å². The van der Waals surface area contributed by atoms with Gasteiger partial charge in [-0.15, -0.1) is 0 Å². The van der Waals surface area contributed by atoms with Crippen LogP contribution in [0.5, 0.6) is 5.75 Å². The predicted molar refractivity (Wildman–Crippen MR) is 214 cm³/mol. The molecule has 9 rings (SSSR count). The minimum absolute atomic E-state index is 0.00199. The van der Waals surface area contributed by atoms with Crippen LogP contribution in [0.2, 0.25) is 0 Å². The fraction of sp³-hybridized carbons (Fsp3) is 0.578. The SMILES string of the molecule is [2H]C([2H])([2H])OC(=O)[C@]1(O)C2N(C([2H])([2H])[2H])c3cc(OC)c([C@@]4(C(=O)OC)CC5C[C@@H](C(C)(F)F)CN(Cc6c4[nH]c4ccccc64)C5)cc3[C@@]23CCN2CC=C[C@](CC)(C23)[C@H]1OC(C)=O. The summed E-state index contributed by atoms with van der Waals surface area (Å²) in [7, 11) is -0.809. The largest absolute Gasteiger partial charge is 0.496 e. The number of nitrogens with one attached hydrogen (secondary N) is 1. The number of rotatable bonds is 7. The molecule has 2 saturated heterocycles. The van der Waals surface area contributed by atoms with Crippen LogP contribution in [-0.4, -0.2) is 122 Å². The summed E-state index contributed by atoms with van der Waals surface area (Å²) in [4.78, 5) is 51.8. The van der Waals surface area contributed by atoms with Crippen LogP contribution in [0.1, 0.15) is 77.1 Å². The zero-order chi connectivity index (χ0) is 47.0. The van der Waals surface area contributed by atoms with Crippen molar-refractivity contribution >= 4 is 34.5 Å². The quantitative estimate of drug-likeness (QED) is 0.188. The predicted octanol–water partition coefficient (Wildman–Crippen LogP) is 5.08. The molecule has 1 aromatic heterocycles. The highest BCUT2D eigenvalue weighted by Crippen LogP contribution is 2.68. The molecule has 4 unspecified atom stereocenters. The molecule has 0 radical (unpaired) electrons. The number of hydrogen-bond acceptors (Lipinski definition) is 11. The number of H-pyrrole nitrogens is 1. The van der Waals surface area contributed by atoms with E-state index in [1.54, 1.807) is 19.1 Å². The molecule has 1 spiro atoms. The lowest BCUT2D eigenvalue weighted by molar-refractivity contribution is -0.228. The van der Waals surface area contributed by atoms with Gasteiger partial charge in [-0.05, 0) is 68.3 Å². The molecule has 59 heavy (non-hydrogen) atoms. The van der Waals surface area contributed by atoms with Crippen LogP contribution in [0, 0.1) is 17.3 Å². The van der Waals surface area contributed by atoms with E-state index in [1.807, 2.05) is 35.2 Å². The smallest absolute Gasteiger partial charge is 0.344 e. The second kappa shape index (κ2) is 13.5. The molecule has 6 aliphatic rings. The highest BCUT2D eigenvalue weighted by atomic mass is 19.3. The first-order valence-corrected chi connectivity index (χ1v) is 20.3. The van der Waals surface area contributed by atoms with Crippen LogP contribution < -0.4 is 9.64 Å². The van der Waals surface area contributed by atoms with Crippen molar-refractivity contribution in [3.8, 4) is 5.75 Å². The van der Waals surface area contributed by atoms with E-state index >= 15 is 13.6 Å². The fourth-order valence-corrected chi connectivity index (χ4v) is 12.8. The number of methoxy groups -OCH3 is 3. The maximum atomic E-state index is 15.4. The number of aromatic nitrogens is 1. The Morgan fingerprint density at radius 2 is 1.88 bits per heavy atom. The number of carbonyl (C=O) groups is 3. The van der Waals surface area contributed by atoms with Crippen molar-refractivity contribution in [1.29, 1.82) is 0 Å². The van der Waals surface area contributed by atoms with Gasteiger partial charge in [-0.2, -0.15) is 0 Å². The van der Waals surface area contributed by atoms with Crippen LogP contribution >= 0.6 is 0 Å². The van der Waals surface area contributed by atoms with Crippen molar-refractivity contribution < 1.29 is 55.4 Å². The number of para-hydroxylation sites is 1. The van der Waals surface area contributed by atoms with Gasteiger partial charge in [-0.25, -0.2) is 13.6 Å². The van der Waals surface area contributed by atoms with Crippen LogP contribution in [0.15, 0.2) is 48.6 Å². The number of likely N-dealkylation sites (N-methyl/N-ethyl adjacent to an activating group) is 1. The van der Waals surface area contributed by atoms with E-state index in [1.165, 1.54) is 20.3 Å². The van der Waals surface area contributed by atoms with E-state index in [-0.39, 0.29) is 55.8 Å². The van der Waals surface area contributed by atoms with E-state index in [4.69, 9.17) is 27.2 Å². The molecule has 10 atom stereocenters. The van der Waals surface area contributed by atoms with Gasteiger partial charge in [0.15, 0.2) is 6.10 Å². The van der Waals surface area contributed by atoms with Gasteiger partial charge >= 0.3 is 17.9 Å². The molecule has 0 amide bonds. The Hall–Kier alpha value is -4.53. The number of hydrogen-bond donors (Lipinski definition) is 2. The molecule has 5 aliphatic heterocycles. The van der Waals surface area contributed by atoms with Crippen molar-refractivity contribution in [3.05, 3.63) is 70.9 Å². The molecule has 1 saturated carbocycles. The summed E-state index contributed by atoms with van der Waals surface area (Å²) in [5, 5.41) is 14.3. The minimum atomic E-state index is -3.41. The summed E-state index contributed by atoms with van der Waals surface area (Å²) < 4.78 is 105. The van der Waals surface area contributed by atoms with Crippen molar-refractivity contribution in [2.24, 2.45) is 17.3 Å². The van der Waals surface area contributed by atoms with Crippen molar-refractivity contribution in [2.45, 2.75) is 93.5 Å². The summed E-state index contributed by atoms with van der Waals surface area (Å²) in [5.74, 6) is -7.89. The standard InChI is InChI=1S/C45H54F2N4O8/c1-8-42-14-11-16-51-17-15-43(36(42)51)30-19-31(34(56-5)20-33(30)49(4)37(43)45(55,40(54)58-7)38(42)59-25(2)52)44(39(53)57-6)21-26-18-27(41(3,46)47)23-50(22-26)24-29-28-12-9-10-13-32(28)48-35(29)44/h9-14,19-20,26-27,36-38,48,55H,8,15-18,21-24H2,1-7H3/t26?,27-,36?,37?,38-,42-,43-,44+,45+/m1/s1/i4D3,7D3. The Balaban J connectivity index is 1.39. The first-order valence-electron chi connectivity index (χ1n) is 23.3. The molecular formula is C45H54F2N4O8. The summed E-state index contributed by atoms with van der Waals surface area (Å²) >= 11 is 0. The van der Waals surface area contributed by atoms with Crippen molar-refractivity contribution in [3.63, 3.8) is 0 Å². The molecule has 3 aromatic rings. The minimum Gasteiger partial charge on any atom is -0.496 e. The average molecular weight is 823 g/mol. The van der Waals surface area contributed by atoms with E-state index in [9.17, 15) is 14.7 Å². The highest BCUT2D eigenvalue weighted by Gasteiger charge is 2.80. The number of anilines is 1. The molecule has 2 N–H and O–H groups in total. The third kappa shape index (κ3) is 5.17. The van der Waals surface area contributed by atoms with E-state index in [2.05, 4.69) is 9.88 Å². The number of nitrogens with zero attached hydrogens (tertiary/aromatic N) is 3. The lowest BCUT2D eigenvalue weighted by Gasteiger charge is -2.63. The van der Waals surface area contributed by atoms with Crippen LogP contribution in [-0.2, 0) is 46.0 Å². The summed E-state index contributed by atoms with van der Waals surface area (Å²) in [5.41, 5.74) is -5.62. The molecule has 12 nitrogen and oxygen atoms in total. The molecule has 6 heterocycles. The van der Waals surface area contributed by atoms with Crippen LogP contribution in [0.4, 0.5) is 14.5 Å². The lowest BCUT2D eigenvalue weighted by atomic mass is 9.47. The molecule has 2 bridgehead atoms. The molecule has 3 fully saturated rings. The third-order valence-corrected chi connectivity index (χ3v) is 14.9. The summed E-state index contributed by atoms with van der Waals surface area (Å²) in [6.45, 7) is 2.01. The number of aliphatic hydroxyl groups is 1. The van der Waals surface area contributed by atoms with Gasteiger partial charge in [-0.3, -0.25) is 19.4 Å². The number of benzene rings is 2. The second-order valence-electron chi connectivity index (χ2n) is 17.7. The maximum Gasteiger partial charge on any atom is 0.344 e. The van der Waals surface area contributed by atoms with Gasteiger partial charge in [0.05, 0.1) is 31.4 Å². The third-order valence-electron chi connectivity index (χ3n) is 14.9. The fourth-order valence-electron chi connectivity index (χ4n) is 12.8. The molecule has 14 heteroatoms. The number of ether oxygens (including phenoxy) is 4. The molecule has 1 aliphatic carbocycles. The van der Waals surface area contributed by atoms with Gasteiger partial charge in [0.25, 0.3) is 0 Å². The molecule has 2 aromatic carbocycles. The van der Waals surface area contributed by atoms with E-state index in [0.29, 0.717) is 42.0 Å². The van der Waals surface area contributed by atoms with Crippen LogP contribution in [0.3, 0.4) is 0 Å². The van der Waals surface area contributed by atoms with Gasteiger partial charge in [0, 0.05) is 101 Å². The van der Waals surface area contributed by atoms with Crippen molar-refractivity contribution in [2.75, 3.05) is 59.3 Å². The van der Waals surface area contributed by atoms with Gasteiger partial charge in [0.2, 0.25) is 11.5 Å². The molecule has 316 valence electrons. The van der Waals surface area contributed by atoms with Crippen molar-refractivity contribution in [1.82, 2.24) is 14.8 Å². The number of alkyl halides is 2.